The number of halogens is 1. The average Bonchev–Trinajstić information content (AvgIpc) is 2.82. The van der Waals surface area contributed by atoms with Crippen LogP contribution in [0.4, 0.5) is 0 Å². The van der Waals surface area contributed by atoms with E-state index in [1.807, 2.05) is 20.8 Å². The average molecular weight is 328 g/mol. The topological polar surface area (TPSA) is 64.8 Å². The first-order chi connectivity index (χ1) is 9.79. The number of aryl methyl sites for hydroxylation is 3. The molecule has 0 saturated heterocycles. The highest BCUT2D eigenvalue weighted by Gasteiger charge is 2.23. The summed E-state index contributed by atoms with van der Waals surface area (Å²) >= 11 is 0. The maximum Gasteiger partial charge on any atom is 0.296 e. The summed E-state index contributed by atoms with van der Waals surface area (Å²) in [4.78, 5) is 0. The van der Waals surface area contributed by atoms with Crippen LogP contribution in [-0.4, -0.2) is 23.2 Å². The summed E-state index contributed by atoms with van der Waals surface area (Å²) in [5.41, 5.74) is 2.38. The fourth-order valence-corrected chi connectivity index (χ4v) is 3.18. The minimum absolute atomic E-state index is 0.0726. The second-order valence-electron chi connectivity index (χ2n) is 5.29. The molecule has 0 radical (unpaired) electrons. The first kappa shape index (κ1) is 16.0. The second-order valence-corrected chi connectivity index (χ2v) is 7.75. The number of benzene rings is 1. The first-order valence-corrected chi connectivity index (χ1v) is 9.04. The fraction of sp³-hybridized carbons (Fsp3) is 0.429. The molecule has 0 aliphatic carbocycles. The highest BCUT2D eigenvalue weighted by molar-refractivity contribution is 8.13. The number of hydrogen-bond donors (Lipinski definition) is 0. The zero-order valence-electron chi connectivity index (χ0n) is 12.2. The highest BCUT2D eigenvalue weighted by Crippen LogP contribution is 2.20. The Balaban J connectivity index is 2.24. The van der Waals surface area contributed by atoms with Crippen LogP contribution < -0.4 is 0 Å². The Morgan fingerprint density at radius 3 is 2.29 bits per heavy atom. The number of nitrogens with zero attached hydrogens (tertiary/aromatic N) is 3. The maximum atomic E-state index is 11.5. The van der Waals surface area contributed by atoms with Crippen LogP contribution in [0.15, 0.2) is 29.4 Å². The molecule has 2 aromatic rings. The Morgan fingerprint density at radius 1 is 1.14 bits per heavy atom. The lowest BCUT2D eigenvalue weighted by molar-refractivity contribution is 0.507. The smallest absolute Gasteiger partial charge is 0.296 e. The largest absolute Gasteiger partial charge is 0.298 e. The van der Waals surface area contributed by atoms with Crippen molar-refractivity contribution in [2.24, 2.45) is 0 Å². The molecule has 0 amide bonds. The van der Waals surface area contributed by atoms with Crippen LogP contribution in [-0.2, 0) is 21.9 Å². The van der Waals surface area contributed by atoms with E-state index in [0.29, 0.717) is 12.2 Å². The lowest BCUT2D eigenvalue weighted by Gasteiger charge is -2.12. The van der Waals surface area contributed by atoms with Crippen LogP contribution >= 0.6 is 10.7 Å². The van der Waals surface area contributed by atoms with Crippen LogP contribution in [0.5, 0.6) is 0 Å². The van der Waals surface area contributed by atoms with Crippen LogP contribution in [0.25, 0.3) is 0 Å². The standard InChI is InChI=1S/C14H18ClN3O2S/c1-10(2)18-13(16-17-14(18)21(15,19)20)9-8-12-6-4-11(3)5-7-12/h4-7,10H,8-9H2,1-3H3. The number of rotatable bonds is 5. The molecule has 0 N–H and O–H groups in total. The predicted octanol–water partition coefficient (Wildman–Crippen LogP) is 2.88. The van der Waals surface area contributed by atoms with Gasteiger partial charge in [0.15, 0.2) is 0 Å². The zero-order chi connectivity index (χ0) is 15.6. The maximum absolute atomic E-state index is 11.5. The molecular weight excluding hydrogens is 310 g/mol. The van der Waals surface area contributed by atoms with Gasteiger partial charge in [-0.1, -0.05) is 29.8 Å². The van der Waals surface area contributed by atoms with E-state index in [9.17, 15) is 8.42 Å². The molecule has 1 heterocycles. The Hall–Kier alpha value is -1.40. The van der Waals surface area contributed by atoms with E-state index in [0.717, 1.165) is 6.42 Å². The van der Waals surface area contributed by atoms with Crippen molar-refractivity contribution in [3.63, 3.8) is 0 Å². The summed E-state index contributed by atoms with van der Waals surface area (Å²) in [6.45, 7) is 5.80. The molecular formula is C14H18ClN3O2S. The number of hydrogen-bond acceptors (Lipinski definition) is 4. The summed E-state index contributed by atoms with van der Waals surface area (Å²) in [5, 5.41) is 7.53. The summed E-state index contributed by atoms with van der Waals surface area (Å²) in [6, 6.07) is 8.15. The molecule has 0 bridgehead atoms. The molecule has 0 aliphatic heterocycles. The van der Waals surface area contributed by atoms with E-state index in [4.69, 9.17) is 10.7 Å². The van der Waals surface area contributed by atoms with Crippen molar-refractivity contribution < 1.29 is 8.42 Å². The molecule has 2 rings (SSSR count). The first-order valence-electron chi connectivity index (χ1n) is 6.73. The Morgan fingerprint density at radius 2 is 1.76 bits per heavy atom. The molecule has 21 heavy (non-hydrogen) atoms. The Bertz CT molecular complexity index is 721. The van der Waals surface area contributed by atoms with Gasteiger partial charge in [0.25, 0.3) is 14.2 Å². The molecule has 1 aromatic carbocycles. The molecule has 7 heteroatoms. The van der Waals surface area contributed by atoms with E-state index in [1.54, 1.807) is 4.57 Å². The van der Waals surface area contributed by atoms with Crippen LogP contribution in [0.3, 0.4) is 0 Å². The molecule has 0 atom stereocenters. The molecule has 114 valence electrons. The minimum Gasteiger partial charge on any atom is -0.298 e. The van der Waals surface area contributed by atoms with Gasteiger partial charge < -0.3 is 0 Å². The van der Waals surface area contributed by atoms with Crippen LogP contribution in [0.2, 0.25) is 0 Å². The van der Waals surface area contributed by atoms with Gasteiger partial charge in [0.1, 0.15) is 5.82 Å². The molecule has 1 aromatic heterocycles. The van der Waals surface area contributed by atoms with E-state index in [1.165, 1.54) is 11.1 Å². The molecule has 0 unspecified atom stereocenters. The molecule has 0 aliphatic rings. The summed E-state index contributed by atoms with van der Waals surface area (Å²) in [7, 11) is 1.52. The number of aromatic nitrogens is 3. The van der Waals surface area contributed by atoms with Gasteiger partial charge in [-0.25, -0.2) is 8.42 Å². The third-order valence-corrected chi connectivity index (χ3v) is 4.36. The minimum atomic E-state index is -3.88. The van der Waals surface area contributed by atoms with Crippen molar-refractivity contribution in [1.29, 1.82) is 0 Å². The molecule has 0 saturated carbocycles. The van der Waals surface area contributed by atoms with Gasteiger partial charge in [0, 0.05) is 23.1 Å². The van der Waals surface area contributed by atoms with Gasteiger partial charge >= 0.3 is 0 Å². The fourth-order valence-electron chi connectivity index (χ4n) is 2.17. The van der Waals surface area contributed by atoms with E-state index >= 15 is 0 Å². The van der Waals surface area contributed by atoms with Crippen molar-refractivity contribution in [1.82, 2.24) is 14.8 Å². The molecule has 0 spiro atoms. The monoisotopic (exact) mass is 327 g/mol. The van der Waals surface area contributed by atoms with Crippen molar-refractivity contribution in [2.75, 3.05) is 0 Å². The van der Waals surface area contributed by atoms with E-state index in [2.05, 4.69) is 34.5 Å². The third kappa shape index (κ3) is 3.83. The van der Waals surface area contributed by atoms with Crippen molar-refractivity contribution in [2.45, 2.75) is 44.8 Å². The van der Waals surface area contributed by atoms with Gasteiger partial charge in [-0.15, -0.1) is 10.2 Å². The van der Waals surface area contributed by atoms with Crippen LogP contribution in [0, 0.1) is 6.92 Å². The van der Waals surface area contributed by atoms with E-state index in [-0.39, 0.29) is 11.2 Å². The Labute approximate surface area is 129 Å². The van der Waals surface area contributed by atoms with Gasteiger partial charge in [-0.05, 0) is 32.8 Å². The summed E-state index contributed by atoms with van der Waals surface area (Å²) in [5.74, 6) is 0.629. The third-order valence-electron chi connectivity index (χ3n) is 3.23. The molecule has 5 nitrogen and oxygen atoms in total. The van der Waals surface area contributed by atoms with Crippen LogP contribution in [0.1, 0.15) is 36.8 Å². The summed E-state index contributed by atoms with van der Waals surface area (Å²) < 4.78 is 24.6. The lowest BCUT2D eigenvalue weighted by atomic mass is 10.1. The quantitative estimate of drug-likeness (QED) is 0.792. The SMILES string of the molecule is Cc1ccc(CCc2nnc(S(=O)(=O)Cl)n2C(C)C)cc1. The lowest BCUT2D eigenvalue weighted by Crippen LogP contribution is -2.12. The Kier molecular flexibility index (Phi) is 4.68. The van der Waals surface area contributed by atoms with E-state index < -0.39 is 9.05 Å². The normalized spacial score (nSPS) is 12.0. The highest BCUT2D eigenvalue weighted by atomic mass is 35.7. The second kappa shape index (κ2) is 6.15. The predicted molar refractivity (Wildman–Crippen MR) is 82.0 cm³/mol. The van der Waals surface area contributed by atoms with Gasteiger partial charge in [0.05, 0.1) is 0 Å². The van der Waals surface area contributed by atoms with Gasteiger partial charge in [-0.3, -0.25) is 4.57 Å². The summed E-state index contributed by atoms with van der Waals surface area (Å²) in [6.07, 6.45) is 1.38. The van der Waals surface area contributed by atoms with Gasteiger partial charge in [-0.2, -0.15) is 0 Å². The zero-order valence-corrected chi connectivity index (χ0v) is 13.8. The van der Waals surface area contributed by atoms with Crippen molar-refractivity contribution in [3.8, 4) is 0 Å². The van der Waals surface area contributed by atoms with Crippen molar-refractivity contribution >= 4 is 19.7 Å². The molecule has 0 fully saturated rings. The van der Waals surface area contributed by atoms with Gasteiger partial charge in [0.2, 0.25) is 0 Å². The van der Waals surface area contributed by atoms with Crippen molar-refractivity contribution in [3.05, 3.63) is 41.2 Å².